The Bertz CT molecular complexity index is 617. The smallest absolute Gasteiger partial charge is 0.247 e. The van der Waals surface area contributed by atoms with Crippen LogP contribution in [-0.2, 0) is 22.6 Å². The third-order valence-electron chi connectivity index (χ3n) is 3.59. The van der Waals surface area contributed by atoms with Gasteiger partial charge in [-0.3, -0.25) is 9.59 Å². The number of carbonyl (C=O) groups excluding carboxylic acids is 2. The molecule has 0 bridgehead atoms. The summed E-state index contributed by atoms with van der Waals surface area (Å²) in [7, 11) is 0. The number of nitriles is 1. The molecular formula is C13H14N4O2S. The molecule has 0 radical (unpaired) electrons. The first-order chi connectivity index (χ1) is 9.69. The van der Waals surface area contributed by atoms with Crippen molar-refractivity contribution in [3.8, 4) is 6.07 Å². The van der Waals surface area contributed by atoms with Crippen LogP contribution < -0.4 is 16.0 Å². The van der Waals surface area contributed by atoms with E-state index in [1.54, 1.807) is 0 Å². The van der Waals surface area contributed by atoms with Crippen molar-refractivity contribution in [1.29, 1.82) is 5.26 Å². The number of rotatable bonds is 2. The van der Waals surface area contributed by atoms with Gasteiger partial charge in [-0.2, -0.15) is 5.26 Å². The Morgan fingerprint density at radius 3 is 3.00 bits per heavy atom. The van der Waals surface area contributed by atoms with Gasteiger partial charge in [0.15, 0.2) is 0 Å². The quantitative estimate of drug-likeness (QED) is 0.738. The fourth-order valence-electron chi connectivity index (χ4n) is 2.55. The zero-order valence-electron chi connectivity index (χ0n) is 10.8. The van der Waals surface area contributed by atoms with Gasteiger partial charge >= 0.3 is 0 Å². The Kier molecular flexibility index (Phi) is 3.42. The molecule has 2 amide bonds. The van der Waals surface area contributed by atoms with E-state index in [1.807, 2.05) is 0 Å². The Balaban J connectivity index is 1.80. The van der Waals surface area contributed by atoms with Crippen LogP contribution in [-0.4, -0.2) is 24.4 Å². The van der Waals surface area contributed by atoms with Crippen molar-refractivity contribution in [3.63, 3.8) is 0 Å². The topological polar surface area (TPSA) is 94.0 Å². The van der Waals surface area contributed by atoms with Gasteiger partial charge in [0, 0.05) is 17.8 Å². The lowest BCUT2D eigenvalue weighted by Crippen LogP contribution is -2.37. The van der Waals surface area contributed by atoms with E-state index in [2.05, 4.69) is 22.0 Å². The average Bonchev–Trinajstić information content (AvgIpc) is 3.01. The highest BCUT2D eigenvalue weighted by molar-refractivity contribution is 7.16. The molecule has 0 aliphatic carbocycles. The molecule has 0 aromatic carbocycles. The van der Waals surface area contributed by atoms with E-state index in [0.29, 0.717) is 23.4 Å². The molecular weight excluding hydrogens is 276 g/mol. The highest BCUT2D eigenvalue weighted by Gasteiger charge is 2.29. The van der Waals surface area contributed by atoms with E-state index in [9.17, 15) is 14.9 Å². The van der Waals surface area contributed by atoms with Crippen molar-refractivity contribution < 1.29 is 9.59 Å². The number of carbonyl (C=O) groups is 2. The first kappa shape index (κ1) is 13.1. The van der Waals surface area contributed by atoms with Crippen molar-refractivity contribution in [2.24, 2.45) is 0 Å². The van der Waals surface area contributed by atoms with Crippen LogP contribution in [0.2, 0.25) is 0 Å². The SMILES string of the molecule is N#Cc1c(NC(=O)[C@@H]2CCC(=O)N2)sc2c1CCNC2. The summed E-state index contributed by atoms with van der Waals surface area (Å²) >= 11 is 1.44. The maximum atomic E-state index is 12.1. The van der Waals surface area contributed by atoms with Crippen LogP contribution >= 0.6 is 11.3 Å². The van der Waals surface area contributed by atoms with Gasteiger partial charge in [-0.1, -0.05) is 0 Å². The monoisotopic (exact) mass is 290 g/mol. The Morgan fingerprint density at radius 1 is 1.45 bits per heavy atom. The summed E-state index contributed by atoms with van der Waals surface area (Å²) in [5.41, 5.74) is 1.62. The lowest BCUT2D eigenvalue weighted by molar-refractivity contribution is -0.122. The standard InChI is InChI=1S/C13H14N4O2S/c14-5-8-7-3-4-15-6-10(7)20-13(8)17-12(19)9-1-2-11(18)16-9/h9,15H,1-4,6H2,(H,16,18)(H,17,19)/t9-/m0/s1. The molecule has 1 aromatic heterocycles. The zero-order valence-corrected chi connectivity index (χ0v) is 11.6. The van der Waals surface area contributed by atoms with Gasteiger partial charge in [0.1, 0.15) is 17.1 Å². The molecule has 6 nitrogen and oxygen atoms in total. The van der Waals surface area contributed by atoms with Crippen LogP contribution in [0.1, 0.15) is 28.8 Å². The fourth-order valence-corrected chi connectivity index (χ4v) is 3.72. The number of nitrogens with one attached hydrogen (secondary N) is 3. The number of nitrogens with zero attached hydrogens (tertiary/aromatic N) is 1. The van der Waals surface area contributed by atoms with E-state index in [1.165, 1.54) is 11.3 Å². The summed E-state index contributed by atoms with van der Waals surface area (Å²) in [5.74, 6) is -0.334. The second-order valence-electron chi connectivity index (χ2n) is 4.89. The molecule has 2 aliphatic heterocycles. The molecule has 104 valence electrons. The van der Waals surface area contributed by atoms with Gasteiger partial charge in [-0.15, -0.1) is 11.3 Å². The van der Waals surface area contributed by atoms with Gasteiger partial charge in [0.05, 0.1) is 5.56 Å². The van der Waals surface area contributed by atoms with Crippen LogP contribution in [0.25, 0.3) is 0 Å². The average molecular weight is 290 g/mol. The van der Waals surface area contributed by atoms with Gasteiger partial charge in [-0.05, 0) is 24.9 Å². The Labute approximate surface area is 120 Å². The van der Waals surface area contributed by atoms with Gasteiger partial charge in [-0.25, -0.2) is 0 Å². The van der Waals surface area contributed by atoms with Crippen molar-refractivity contribution >= 4 is 28.2 Å². The molecule has 3 rings (SSSR count). The van der Waals surface area contributed by atoms with Crippen molar-refractivity contribution in [2.75, 3.05) is 11.9 Å². The maximum Gasteiger partial charge on any atom is 0.247 e. The predicted molar refractivity (Wildman–Crippen MR) is 74.2 cm³/mol. The van der Waals surface area contributed by atoms with E-state index < -0.39 is 6.04 Å². The van der Waals surface area contributed by atoms with Crippen molar-refractivity contribution in [3.05, 3.63) is 16.0 Å². The number of hydrogen-bond donors (Lipinski definition) is 3. The van der Waals surface area contributed by atoms with Gasteiger partial charge in [0.25, 0.3) is 0 Å². The summed E-state index contributed by atoms with van der Waals surface area (Å²) in [4.78, 5) is 24.4. The predicted octanol–water partition coefficient (Wildman–Crippen LogP) is 0.483. The molecule has 7 heteroatoms. The maximum absolute atomic E-state index is 12.1. The minimum atomic E-state index is -0.480. The van der Waals surface area contributed by atoms with Crippen molar-refractivity contribution in [2.45, 2.75) is 31.8 Å². The zero-order chi connectivity index (χ0) is 14.1. The minimum Gasteiger partial charge on any atom is -0.344 e. The Morgan fingerprint density at radius 2 is 2.30 bits per heavy atom. The summed E-state index contributed by atoms with van der Waals surface area (Å²) in [6, 6.07) is 1.71. The molecule has 3 N–H and O–H groups in total. The number of amides is 2. The third-order valence-corrected chi connectivity index (χ3v) is 4.74. The highest BCUT2D eigenvalue weighted by atomic mass is 32.1. The molecule has 2 aliphatic rings. The first-order valence-electron chi connectivity index (χ1n) is 6.54. The molecule has 1 saturated heterocycles. The largest absolute Gasteiger partial charge is 0.344 e. The highest BCUT2D eigenvalue weighted by Crippen LogP contribution is 2.34. The Hall–Kier alpha value is -1.91. The number of hydrogen-bond acceptors (Lipinski definition) is 5. The third kappa shape index (κ3) is 2.28. The minimum absolute atomic E-state index is 0.0969. The second kappa shape index (κ2) is 5.23. The van der Waals surface area contributed by atoms with E-state index in [4.69, 9.17) is 0 Å². The molecule has 1 atom stereocenters. The van der Waals surface area contributed by atoms with E-state index in [0.717, 1.165) is 30.0 Å². The molecule has 1 aromatic rings. The van der Waals surface area contributed by atoms with Crippen LogP contribution in [0.5, 0.6) is 0 Å². The van der Waals surface area contributed by atoms with Crippen molar-refractivity contribution in [1.82, 2.24) is 10.6 Å². The van der Waals surface area contributed by atoms with Gasteiger partial charge in [0.2, 0.25) is 11.8 Å². The molecule has 0 spiro atoms. The number of anilines is 1. The van der Waals surface area contributed by atoms with Gasteiger partial charge < -0.3 is 16.0 Å². The molecule has 1 fully saturated rings. The molecule has 0 unspecified atom stereocenters. The van der Waals surface area contributed by atoms with Crippen LogP contribution in [0.15, 0.2) is 0 Å². The molecule has 20 heavy (non-hydrogen) atoms. The van der Waals surface area contributed by atoms with E-state index >= 15 is 0 Å². The first-order valence-corrected chi connectivity index (χ1v) is 7.36. The lowest BCUT2D eigenvalue weighted by Gasteiger charge is -2.11. The second-order valence-corrected chi connectivity index (χ2v) is 6.00. The van der Waals surface area contributed by atoms with Crippen LogP contribution in [0, 0.1) is 11.3 Å². The van der Waals surface area contributed by atoms with Crippen LogP contribution in [0.3, 0.4) is 0 Å². The lowest BCUT2D eigenvalue weighted by atomic mass is 10.0. The summed E-state index contributed by atoms with van der Waals surface area (Å²) in [6.07, 6.45) is 1.71. The molecule has 0 saturated carbocycles. The number of thiophene rings is 1. The molecule has 3 heterocycles. The summed E-state index contributed by atoms with van der Waals surface area (Å²) < 4.78 is 0. The normalized spacial score (nSPS) is 20.9. The summed E-state index contributed by atoms with van der Waals surface area (Å²) in [6.45, 7) is 1.59. The summed E-state index contributed by atoms with van der Waals surface area (Å²) in [5, 5.41) is 18.6. The number of fused-ring (bicyclic) bond motifs is 1. The van der Waals surface area contributed by atoms with Crippen LogP contribution in [0.4, 0.5) is 5.00 Å². The van der Waals surface area contributed by atoms with E-state index in [-0.39, 0.29) is 11.8 Å². The fraction of sp³-hybridized carbons (Fsp3) is 0.462.